The number of benzene rings is 2. The van der Waals surface area contributed by atoms with Crippen LogP contribution >= 0.6 is 11.6 Å². The van der Waals surface area contributed by atoms with Crippen molar-refractivity contribution in [2.24, 2.45) is 0 Å². The Hall–Kier alpha value is -2.13. The number of methoxy groups -OCH3 is 1. The lowest BCUT2D eigenvalue weighted by Crippen LogP contribution is -2.48. The van der Waals surface area contributed by atoms with Crippen LogP contribution in [0.2, 0.25) is 5.02 Å². The number of hydrogen-bond donors (Lipinski definition) is 1. The SMILES string of the molecule is COc1ccccc1C(=O)N(CCS(=O)(=O)N1CCNCC1)Cc1ccccc1Cl. The highest BCUT2D eigenvalue weighted by Crippen LogP contribution is 2.23. The smallest absolute Gasteiger partial charge is 0.257 e. The first-order valence-corrected chi connectivity index (χ1v) is 11.8. The number of sulfonamides is 1. The van der Waals surface area contributed by atoms with Gasteiger partial charge in [-0.05, 0) is 23.8 Å². The van der Waals surface area contributed by atoms with E-state index >= 15 is 0 Å². The molecule has 3 rings (SSSR count). The summed E-state index contributed by atoms with van der Waals surface area (Å²) >= 11 is 6.29. The van der Waals surface area contributed by atoms with Gasteiger partial charge in [0.2, 0.25) is 10.0 Å². The van der Waals surface area contributed by atoms with Crippen LogP contribution in [0, 0.1) is 0 Å². The Bertz CT molecular complexity index is 978. The van der Waals surface area contributed by atoms with Crippen molar-refractivity contribution in [2.45, 2.75) is 6.54 Å². The number of amides is 1. The minimum Gasteiger partial charge on any atom is -0.496 e. The van der Waals surface area contributed by atoms with E-state index in [0.717, 1.165) is 5.56 Å². The van der Waals surface area contributed by atoms with Gasteiger partial charge >= 0.3 is 0 Å². The summed E-state index contributed by atoms with van der Waals surface area (Å²) in [6, 6.07) is 14.1. The standard InChI is InChI=1S/C21H26ClN3O4S/c1-29-20-9-5-3-7-18(20)21(26)24(16-17-6-2-4-8-19(17)22)14-15-30(27,28)25-12-10-23-11-13-25/h2-9,23H,10-16H2,1H3. The predicted molar refractivity (Wildman–Crippen MR) is 117 cm³/mol. The van der Waals surface area contributed by atoms with Crippen LogP contribution < -0.4 is 10.1 Å². The predicted octanol–water partition coefficient (Wildman–Crippen LogP) is 2.23. The number of carbonyl (C=O) groups excluding carboxylic acids is 1. The van der Waals surface area contributed by atoms with Crippen LogP contribution in [-0.2, 0) is 16.6 Å². The van der Waals surface area contributed by atoms with Gasteiger partial charge < -0.3 is 15.0 Å². The molecule has 1 aliphatic heterocycles. The Balaban J connectivity index is 1.83. The molecule has 0 saturated carbocycles. The third kappa shape index (κ3) is 5.51. The molecule has 1 aliphatic rings. The van der Waals surface area contributed by atoms with Crippen LogP contribution in [0.5, 0.6) is 5.75 Å². The van der Waals surface area contributed by atoms with Crippen LogP contribution in [0.4, 0.5) is 0 Å². The number of piperazine rings is 1. The molecule has 30 heavy (non-hydrogen) atoms. The molecule has 0 aliphatic carbocycles. The van der Waals surface area contributed by atoms with Crippen molar-refractivity contribution >= 4 is 27.5 Å². The third-order valence-corrected chi connectivity index (χ3v) is 7.25. The third-order valence-electron chi connectivity index (χ3n) is 5.03. The second-order valence-corrected chi connectivity index (χ2v) is 9.48. The van der Waals surface area contributed by atoms with Crippen molar-refractivity contribution in [2.75, 3.05) is 45.6 Å². The minimum absolute atomic E-state index is 0.0500. The monoisotopic (exact) mass is 451 g/mol. The lowest BCUT2D eigenvalue weighted by molar-refractivity contribution is 0.0750. The van der Waals surface area contributed by atoms with Gasteiger partial charge in [0.25, 0.3) is 5.91 Å². The molecule has 0 radical (unpaired) electrons. The molecule has 7 nitrogen and oxygen atoms in total. The van der Waals surface area contributed by atoms with Crippen LogP contribution in [-0.4, -0.2) is 69.1 Å². The molecule has 0 aromatic heterocycles. The van der Waals surface area contributed by atoms with Gasteiger partial charge in [-0.1, -0.05) is 41.9 Å². The van der Waals surface area contributed by atoms with Crippen LogP contribution in [0.3, 0.4) is 0 Å². The average Bonchev–Trinajstić information content (AvgIpc) is 2.78. The van der Waals surface area contributed by atoms with Crippen LogP contribution in [0.1, 0.15) is 15.9 Å². The largest absolute Gasteiger partial charge is 0.496 e. The van der Waals surface area contributed by atoms with Gasteiger partial charge in [-0.2, -0.15) is 4.31 Å². The maximum absolute atomic E-state index is 13.3. The molecule has 0 spiro atoms. The summed E-state index contributed by atoms with van der Waals surface area (Å²) in [5, 5.41) is 3.67. The highest BCUT2D eigenvalue weighted by Gasteiger charge is 2.27. The minimum atomic E-state index is -3.48. The number of carbonyl (C=O) groups is 1. The van der Waals surface area contributed by atoms with Gasteiger partial charge in [-0.15, -0.1) is 0 Å². The first kappa shape index (κ1) is 22.6. The molecule has 2 aromatic rings. The molecule has 1 amide bonds. The van der Waals surface area contributed by atoms with Crippen LogP contribution in [0.25, 0.3) is 0 Å². The quantitative estimate of drug-likeness (QED) is 0.665. The van der Waals surface area contributed by atoms with Gasteiger partial charge in [-0.3, -0.25) is 4.79 Å². The summed E-state index contributed by atoms with van der Waals surface area (Å²) in [5.41, 5.74) is 1.13. The van der Waals surface area contributed by atoms with E-state index in [4.69, 9.17) is 16.3 Å². The van der Waals surface area contributed by atoms with E-state index < -0.39 is 10.0 Å². The zero-order valence-electron chi connectivity index (χ0n) is 16.9. The first-order valence-electron chi connectivity index (χ1n) is 9.76. The zero-order chi connectivity index (χ0) is 21.6. The number of halogens is 1. The Kier molecular flexibility index (Phi) is 7.71. The maximum Gasteiger partial charge on any atom is 0.257 e. The molecule has 1 saturated heterocycles. The number of para-hydroxylation sites is 1. The summed E-state index contributed by atoms with van der Waals surface area (Å²) in [4.78, 5) is 14.8. The maximum atomic E-state index is 13.3. The molecule has 0 bridgehead atoms. The molecular weight excluding hydrogens is 426 g/mol. The van der Waals surface area contributed by atoms with Crippen molar-refractivity contribution in [3.63, 3.8) is 0 Å². The summed E-state index contributed by atoms with van der Waals surface area (Å²) in [7, 11) is -1.98. The molecule has 2 aromatic carbocycles. The lowest BCUT2D eigenvalue weighted by Gasteiger charge is -2.29. The Morgan fingerprint density at radius 2 is 1.80 bits per heavy atom. The fourth-order valence-corrected chi connectivity index (χ4v) is 5.00. The summed E-state index contributed by atoms with van der Waals surface area (Å²) in [6.07, 6.45) is 0. The topological polar surface area (TPSA) is 79.0 Å². The first-order chi connectivity index (χ1) is 14.4. The summed E-state index contributed by atoms with van der Waals surface area (Å²) in [5.74, 6) is -0.0160. The Morgan fingerprint density at radius 3 is 2.50 bits per heavy atom. The fraction of sp³-hybridized carbons (Fsp3) is 0.381. The number of hydrogen-bond acceptors (Lipinski definition) is 5. The Labute approximate surface area is 182 Å². The van der Waals surface area contributed by atoms with Gasteiger partial charge in [0.1, 0.15) is 5.75 Å². The van der Waals surface area contributed by atoms with E-state index in [0.29, 0.717) is 42.5 Å². The molecule has 162 valence electrons. The van der Waals surface area contributed by atoms with E-state index in [-0.39, 0.29) is 24.7 Å². The van der Waals surface area contributed by atoms with Crippen molar-refractivity contribution in [3.8, 4) is 5.75 Å². The molecule has 0 unspecified atom stereocenters. The number of ether oxygens (including phenoxy) is 1. The highest BCUT2D eigenvalue weighted by molar-refractivity contribution is 7.89. The van der Waals surface area contributed by atoms with Crippen molar-refractivity contribution in [1.82, 2.24) is 14.5 Å². The average molecular weight is 452 g/mol. The second-order valence-electron chi connectivity index (χ2n) is 6.98. The Morgan fingerprint density at radius 1 is 1.13 bits per heavy atom. The highest BCUT2D eigenvalue weighted by atomic mass is 35.5. The molecule has 0 atom stereocenters. The van der Waals surface area contributed by atoms with E-state index in [2.05, 4.69) is 5.32 Å². The zero-order valence-corrected chi connectivity index (χ0v) is 18.5. The summed E-state index contributed by atoms with van der Waals surface area (Å²) < 4.78 is 32.4. The van der Waals surface area contributed by atoms with Crippen molar-refractivity contribution in [1.29, 1.82) is 0 Å². The number of nitrogens with zero attached hydrogens (tertiary/aromatic N) is 2. The van der Waals surface area contributed by atoms with Gasteiger partial charge in [0.15, 0.2) is 0 Å². The second kappa shape index (κ2) is 10.3. The van der Waals surface area contributed by atoms with Gasteiger partial charge in [0.05, 0.1) is 18.4 Å². The molecule has 1 fully saturated rings. The van der Waals surface area contributed by atoms with Crippen molar-refractivity contribution < 1.29 is 17.9 Å². The number of nitrogens with one attached hydrogen (secondary N) is 1. The van der Waals surface area contributed by atoms with E-state index in [1.165, 1.54) is 16.3 Å². The van der Waals surface area contributed by atoms with Crippen molar-refractivity contribution in [3.05, 3.63) is 64.7 Å². The van der Waals surface area contributed by atoms with E-state index in [9.17, 15) is 13.2 Å². The molecule has 1 heterocycles. The normalized spacial score (nSPS) is 15.0. The van der Waals surface area contributed by atoms with Crippen LogP contribution in [0.15, 0.2) is 48.5 Å². The fourth-order valence-electron chi connectivity index (χ4n) is 3.35. The van der Waals surface area contributed by atoms with E-state index in [1.54, 1.807) is 30.3 Å². The number of rotatable bonds is 8. The van der Waals surface area contributed by atoms with Gasteiger partial charge in [-0.25, -0.2) is 8.42 Å². The summed E-state index contributed by atoms with van der Waals surface area (Å²) in [6.45, 7) is 2.38. The molecule has 1 N–H and O–H groups in total. The molecule has 9 heteroatoms. The molecular formula is C21H26ClN3O4S. The lowest BCUT2D eigenvalue weighted by atomic mass is 10.1. The van der Waals surface area contributed by atoms with Gasteiger partial charge in [0, 0.05) is 44.3 Å². The van der Waals surface area contributed by atoms with E-state index in [1.807, 2.05) is 18.2 Å².